The first-order valence-electron chi connectivity index (χ1n) is 10.9. The van der Waals surface area contributed by atoms with E-state index in [0.29, 0.717) is 44.1 Å². The first-order valence-corrected chi connectivity index (χ1v) is 10.9. The number of nitrogens with zero attached hydrogens (tertiary/aromatic N) is 4. The maximum Gasteiger partial charge on any atom is 0.344 e. The number of hydrogen-bond acceptors (Lipinski definition) is 6. The number of rotatable bonds is 2. The van der Waals surface area contributed by atoms with Gasteiger partial charge in [0.2, 0.25) is 0 Å². The summed E-state index contributed by atoms with van der Waals surface area (Å²) in [6, 6.07) is 6.88. The number of likely N-dealkylation sites (tertiary alicyclic amines) is 2. The standard InChI is InChI=1S/C24H22N4O4.2ClH/c1-27-7-3-5-19(27)25-13-9-15-21-17(11-13)31-24(30)16-10-14(26-20-6-4-8-28(20)2)12-18(22(16)21)32-23(15)29;;/h9-12H,3-8H2,1-2H3;2*1H/b25-19+,26-20+;;. The van der Waals surface area contributed by atoms with Gasteiger partial charge in [0.25, 0.3) is 0 Å². The van der Waals surface area contributed by atoms with Crippen LogP contribution in [0.2, 0.25) is 0 Å². The van der Waals surface area contributed by atoms with E-state index in [9.17, 15) is 9.59 Å². The summed E-state index contributed by atoms with van der Waals surface area (Å²) in [6.07, 6.45) is 3.84. The Balaban J connectivity index is 0.00000137. The zero-order valence-corrected chi connectivity index (χ0v) is 20.4. The Morgan fingerprint density at radius 2 is 1.12 bits per heavy atom. The van der Waals surface area contributed by atoms with Crippen LogP contribution in [0.1, 0.15) is 25.7 Å². The Morgan fingerprint density at radius 1 is 0.706 bits per heavy atom. The molecule has 4 aromatic rings. The van der Waals surface area contributed by atoms with Crippen molar-refractivity contribution >= 4 is 80.6 Å². The maximum absolute atomic E-state index is 12.9. The molecule has 0 bridgehead atoms. The summed E-state index contributed by atoms with van der Waals surface area (Å²) in [6.45, 7) is 1.90. The van der Waals surface area contributed by atoms with Gasteiger partial charge >= 0.3 is 11.3 Å². The second-order valence-corrected chi connectivity index (χ2v) is 8.62. The first-order chi connectivity index (χ1) is 15.5. The predicted molar refractivity (Wildman–Crippen MR) is 140 cm³/mol. The van der Waals surface area contributed by atoms with Crippen LogP contribution in [0.15, 0.2) is 52.7 Å². The van der Waals surface area contributed by atoms with Gasteiger partial charge in [0, 0.05) is 62.9 Å². The van der Waals surface area contributed by atoms with Crippen LogP contribution in [0.5, 0.6) is 0 Å². The Labute approximate surface area is 207 Å². The summed E-state index contributed by atoms with van der Waals surface area (Å²) < 4.78 is 11.3. The Kier molecular flexibility index (Phi) is 6.31. The predicted octanol–water partition coefficient (Wildman–Crippen LogP) is 4.85. The number of hydrogen-bond donors (Lipinski definition) is 0. The molecule has 6 rings (SSSR count). The molecular formula is C24H24Cl2N4O4. The second kappa shape index (κ2) is 8.92. The fourth-order valence-corrected chi connectivity index (χ4v) is 4.81. The van der Waals surface area contributed by atoms with Gasteiger partial charge in [0.05, 0.1) is 22.1 Å². The molecule has 0 spiro atoms. The minimum absolute atomic E-state index is 0. The van der Waals surface area contributed by atoms with Crippen LogP contribution >= 0.6 is 24.8 Å². The van der Waals surface area contributed by atoms with Gasteiger partial charge < -0.3 is 18.6 Å². The Hall–Kier alpha value is -3.10. The van der Waals surface area contributed by atoms with Crippen molar-refractivity contribution in [2.75, 3.05) is 27.2 Å². The van der Waals surface area contributed by atoms with Crippen LogP contribution in [0.3, 0.4) is 0 Å². The molecule has 0 atom stereocenters. The van der Waals surface area contributed by atoms with E-state index in [4.69, 9.17) is 18.8 Å². The summed E-state index contributed by atoms with van der Waals surface area (Å²) in [7, 11) is 3.99. The smallest absolute Gasteiger partial charge is 0.344 e. The molecule has 34 heavy (non-hydrogen) atoms. The molecule has 8 nitrogen and oxygen atoms in total. The zero-order chi connectivity index (χ0) is 22.0. The largest absolute Gasteiger partial charge is 0.422 e. The van der Waals surface area contributed by atoms with Crippen molar-refractivity contribution in [2.45, 2.75) is 25.7 Å². The minimum atomic E-state index is -0.484. The van der Waals surface area contributed by atoms with Crippen LogP contribution in [0, 0.1) is 0 Å². The fourth-order valence-electron chi connectivity index (χ4n) is 4.81. The van der Waals surface area contributed by atoms with Crippen molar-refractivity contribution in [1.82, 2.24) is 9.80 Å². The number of aliphatic imine (C=N–C) groups is 2. The van der Waals surface area contributed by atoms with Gasteiger partial charge in [-0.05, 0) is 25.0 Å². The van der Waals surface area contributed by atoms with Crippen LogP contribution in [0.4, 0.5) is 11.4 Å². The topological polar surface area (TPSA) is 91.6 Å². The molecular weight excluding hydrogens is 479 g/mol. The van der Waals surface area contributed by atoms with Crippen molar-refractivity contribution in [3.63, 3.8) is 0 Å². The maximum atomic E-state index is 12.9. The molecule has 0 radical (unpaired) electrons. The van der Waals surface area contributed by atoms with E-state index in [-0.39, 0.29) is 24.8 Å². The third-order valence-corrected chi connectivity index (χ3v) is 6.45. The van der Waals surface area contributed by atoms with E-state index in [2.05, 4.69) is 9.80 Å². The summed E-state index contributed by atoms with van der Waals surface area (Å²) >= 11 is 0. The van der Waals surface area contributed by atoms with Crippen molar-refractivity contribution in [2.24, 2.45) is 9.98 Å². The summed E-state index contributed by atoms with van der Waals surface area (Å²) in [5.74, 6) is 1.90. The quantitative estimate of drug-likeness (QED) is 0.287. The van der Waals surface area contributed by atoms with E-state index in [0.717, 1.165) is 50.4 Å². The molecule has 2 saturated heterocycles. The highest BCUT2D eigenvalue weighted by Crippen LogP contribution is 2.36. The molecule has 2 aliphatic rings. The van der Waals surface area contributed by atoms with E-state index in [1.807, 2.05) is 14.1 Å². The van der Waals surface area contributed by atoms with Gasteiger partial charge in [-0.1, -0.05) is 0 Å². The second-order valence-electron chi connectivity index (χ2n) is 8.62. The molecule has 0 N–H and O–H groups in total. The van der Waals surface area contributed by atoms with Gasteiger partial charge in [-0.2, -0.15) is 0 Å². The van der Waals surface area contributed by atoms with Gasteiger partial charge in [-0.15, -0.1) is 24.8 Å². The van der Waals surface area contributed by atoms with E-state index >= 15 is 0 Å². The van der Waals surface area contributed by atoms with Crippen molar-refractivity contribution in [3.8, 4) is 0 Å². The first kappa shape index (κ1) is 24.0. The van der Waals surface area contributed by atoms with Crippen LogP contribution < -0.4 is 11.3 Å². The van der Waals surface area contributed by atoms with Gasteiger partial charge in [0.15, 0.2) is 0 Å². The number of amidine groups is 2. The molecule has 0 unspecified atom stereocenters. The number of halogens is 2. The lowest BCUT2D eigenvalue weighted by atomic mass is 10.0. The van der Waals surface area contributed by atoms with Crippen molar-refractivity contribution in [3.05, 3.63) is 45.1 Å². The summed E-state index contributed by atoms with van der Waals surface area (Å²) in [5, 5.41) is 1.90. The van der Waals surface area contributed by atoms with E-state index in [1.54, 1.807) is 24.3 Å². The highest BCUT2D eigenvalue weighted by Gasteiger charge is 2.21. The lowest BCUT2D eigenvalue weighted by molar-refractivity contribution is 0.549. The lowest BCUT2D eigenvalue weighted by Gasteiger charge is -2.13. The van der Waals surface area contributed by atoms with Crippen molar-refractivity contribution < 1.29 is 8.83 Å². The zero-order valence-electron chi connectivity index (χ0n) is 18.8. The third kappa shape index (κ3) is 3.80. The minimum Gasteiger partial charge on any atom is -0.422 e. The normalized spacial score (nSPS) is 18.5. The number of benzene rings is 2. The van der Waals surface area contributed by atoms with Crippen LogP contribution in [-0.4, -0.2) is 48.7 Å². The highest BCUT2D eigenvalue weighted by molar-refractivity contribution is 6.20. The average Bonchev–Trinajstić information content (AvgIpc) is 3.35. The van der Waals surface area contributed by atoms with E-state index in [1.165, 1.54) is 0 Å². The summed E-state index contributed by atoms with van der Waals surface area (Å²) in [5.41, 5.74) is 0.863. The van der Waals surface area contributed by atoms with E-state index < -0.39 is 11.3 Å². The average molecular weight is 503 g/mol. The van der Waals surface area contributed by atoms with Gasteiger partial charge in [-0.25, -0.2) is 19.6 Å². The molecule has 2 fully saturated rings. The SMILES string of the molecule is CN1CCC/C1=N\c1cc2oc(=O)c3cc(/N=C4\CCCN4C)cc4oc(=O)c(c1)c2c43.Cl.Cl. The summed E-state index contributed by atoms with van der Waals surface area (Å²) in [4.78, 5) is 39.4. The van der Waals surface area contributed by atoms with Crippen LogP contribution in [-0.2, 0) is 0 Å². The fraction of sp³-hybridized carbons (Fsp3) is 0.333. The van der Waals surface area contributed by atoms with Crippen LogP contribution in [0.25, 0.3) is 32.7 Å². The molecule has 2 aliphatic heterocycles. The molecule has 4 heterocycles. The molecule has 2 aromatic heterocycles. The van der Waals surface area contributed by atoms with Crippen molar-refractivity contribution in [1.29, 1.82) is 0 Å². The molecule has 0 amide bonds. The lowest BCUT2D eigenvalue weighted by Crippen LogP contribution is -2.18. The molecule has 10 heteroatoms. The molecule has 0 aliphatic carbocycles. The Bertz CT molecular complexity index is 1460. The Morgan fingerprint density at radius 3 is 1.47 bits per heavy atom. The third-order valence-electron chi connectivity index (χ3n) is 6.45. The molecule has 2 aromatic carbocycles. The van der Waals surface area contributed by atoms with Gasteiger partial charge in [-0.3, -0.25) is 0 Å². The molecule has 178 valence electrons. The monoisotopic (exact) mass is 502 g/mol. The highest BCUT2D eigenvalue weighted by atomic mass is 35.5. The molecule has 0 saturated carbocycles. The van der Waals surface area contributed by atoms with Gasteiger partial charge in [0.1, 0.15) is 22.8 Å².